The lowest BCUT2D eigenvalue weighted by Crippen LogP contribution is -2.48. The molecule has 0 bridgehead atoms. The second kappa shape index (κ2) is 7.08. The maximum atomic E-state index is 11.6. The lowest BCUT2D eigenvalue weighted by atomic mass is 9.99. The predicted molar refractivity (Wildman–Crippen MR) is 73.1 cm³/mol. The first-order valence-electron chi connectivity index (χ1n) is 6.12. The van der Waals surface area contributed by atoms with E-state index in [4.69, 9.17) is 5.11 Å². The molecule has 0 aliphatic rings. The Bertz CT molecular complexity index is 447. The highest BCUT2D eigenvalue weighted by Crippen LogP contribution is 2.09. The molecule has 0 aliphatic carbocycles. The molecule has 0 saturated carbocycles. The maximum Gasteiger partial charge on any atom is 0.326 e. The summed E-state index contributed by atoms with van der Waals surface area (Å²) < 4.78 is 0. The lowest BCUT2D eigenvalue weighted by molar-refractivity contribution is -0.140. The molecule has 2 atom stereocenters. The quantitative estimate of drug-likeness (QED) is 0.742. The number of nitrogens with one attached hydrogen (secondary N) is 2. The van der Waals surface area contributed by atoms with E-state index in [9.17, 15) is 9.59 Å². The Balaban J connectivity index is 2.46. The first-order valence-corrected chi connectivity index (χ1v) is 7.00. The fourth-order valence-electron chi connectivity index (χ4n) is 1.54. The van der Waals surface area contributed by atoms with Crippen molar-refractivity contribution in [3.05, 3.63) is 16.1 Å². The standard InChI is InChI=1S/C12H19N3O3S/c1-4-7(2)10(11(16)17)15-12(18)13-5-9-6-19-8(3)14-9/h6-7,10H,4-5H2,1-3H3,(H,16,17)(H2,13,15,18)/t7-,10-/m0/s1. The maximum absolute atomic E-state index is 11.6. The van der Waals surface area contributed by atoms with Crippen molar-refractivity contribution in [2.75, 3.05) is 0 Å². The molecular weight excluding hydrogens is 266 g/mol. The summed E-state index contributed by atoms with van der Waals surface area (Å²) in [7, 11) is 0. The fraction of sp³-hybridized carbons (Fsp3) is 0.583. The summed E-state index contributed by atoms with van der Waals surface area (Å²) in [6.07, 6.45) is 0.683. The van der Waals surface area contributed by atoms with Gasteiger partial charge in [-0.3, -0.25) is 0 Å². The third-order valence-corrected chi connectivity index (χ3v) is 3.68. The molecule has 0 aliphatic heterocycles. The minimum absolute atomic E-state index is 0.121. The van der Waals surface area contributed by atoms with Gasteiger partial charge in [0.1, 0.15) is 6.04 Å². The molecule has 1 heterocycles. The number of carboxylic acids is 1. The number of thiazole rings is 1. The van der Waals surface area contributed by atoms with Crippen molar-refractivity contribution in [2.24, 2.45) is 5.92 Å². The predicted octanol–water partition coefficient (Wildman–Crippen LogP) is 1.75. The number of carbonyl (C=O) groups excluding carboxylic acids is 1. The monoisotopic (exact) mass is 285 g/mol. The van der Waals surface area contributed by atoms with E-state index in [2.05, 4.69) is 15.6 Å². The van der Waals surface area contributed by atoms with Gasteiger partial charge in [-0.1, -0.05) is 20.3 Å². The van der Waals surface area contributed by atoms with Crippen molar-refractivity contribution in [1.82, 2.24) is 15.6 Å². The van der Waals surface area contributed by atoms with Crippen molar-refractivity contribution in [1.29, 1.82) is 0 Å². The van der Waals surface area contributed by atoms with Gasteiger partial charge in [-0.15, -0.1) is 11.3 Å². The number of carboxylic acid groups (broad SMARTS) is 1. The van der Waals surface area contributed by atoms with Crippen molar-refractivity contribution in [2.45, 2.75) is 39.8 Å². The molecule has 6 nitrogen and oxygen atoms in total. The minimum Gasteiger partial charge on any atom is -0.480 e. The first kappa shape index (κ1) is 15.4. The number of hydrogen-bond donors (Lipinski definition) is 3. The molecule has 1 aromatic rings. The second-order valence-corrected chi connectivity index (χ2v) is 5.45. The van der Waals surface area contributed by atoms with Crippen molar-refractivity contribution in [3.63, 3.8) is 0 Å². The van der Waals surface area contributed by atoms with Crippen LogP contribution in [0, 0.1) is 12.8 Å². The van der Waals surface area contributed by atoms with Gasteiger partial charge in [0.2, 0.25) is 0 Å². The van der Waals surface area contributed by atoms with E-state index >= 15 is 0 Å². The zero-order valence-corrected chi connectivity index (χ0v) is 12.1. The van der Waals surface area contributed by atoms with Gasteiger partial charge in [0, 0.05) is 5.38 Å². The Morgan fingerprint density at radius 1 is 1.53 bits per heavy atom. The zero-order valence-electron chi connectivity index (χ0n) is 11.3. The van der Waals surface area contributed by atoms with Crippen LogP contribution >= 0.6 is 11.3 Å². The summed E-state index contributed by atoms with van der Waals surface area (Å²) in [6, 6.07) is -1.36. The van der Waals surface area contributed by atoms with Gasteiger partial charge in [-0.25, -0.2) is 14.6 Å². The number of hydrogen-bond acceptors (Lipinski definition) is 4. The topological polar surface area (TPSA) is 91.3 Å². The third kappa shape index (κ3) is 4.86. The molecule has 19 heavy (non-hydrogen) atoms. The van der Waals surface area contributed by atoms with Gasteiger partial charge in [-0.05, 0) is 12.8 Å². The van der Waals surface area contributed by atoms with Crippen molar-refractivity contribution >= 4 is 23.3 Å². The SMILES string of the molecule is CC[C@H](C)[C@H](NC(=O)NCc1csc(C)n1)C(=O)O. The number of nitrogens with zero attached hydrogens (tertiary/aromatic N) is 1. The minimum atomic E-state index is -1.02. The van der Waals surface area contributed by atoms with Crippen molar-refractivity contribution < 1.29 is 14.7 Å². The van der Waals surface area contributed by atoms with Crippen LogP contribution < -0.4 is 10.6 Å². The first-order chi connectivity index (χ1) is 8.93. The molecule has 1 rings (SSSR count). The van der Waals surface area contributed by atoms with E-state index in [0.717, 1.165) is 10.7 Å². The van der Waals surface area contributed by atoms with E-state index in [1.54, 1.807) is 6.92 Å². The van der Waals surface area contributed by atoms with Crippen LogP contribution in [0.2, 0.25) is 0 Å². The zero-order chi connectivity index (χ0) is 14.4. The summed E-state index contributed by atoms with van der Waals surface area (Å²) in [5.74, 6) is -1.14. The average Bonchev–Trinajstić information content (AvgIpc) is 2.78. The smallest absolute Gasteiger partial charge is 0.326 e. The summed E-state index contributed by atoms with van der Waals surface area (Å²) in [5, 5.41) is 16.9. The van der Waals surface area contributed by atoms with Crippen LogP contribution in [0.25, 0.3) is 0 Å². The molecule has 0 unspecified atom stereocenters. The number of aromatic nitrogens is 1. The van der Waals surface area contributed by atoms with Crippen LogP contribution in [0.4, 0.5) is 4.79 Å². The molecule has 0 fully saturated rings. The van der Waals surface area contributed by atoms with Crippen molar-refractivity contribution in [3.8, 4) is 0 Å². The Hall–Kier alpha value is -1.63. The van der Waals surface area contributed by atoms with Gasteiger partial charge >= 0.3 is 12.0 Å². The molecular formula is C12H19N3O3S. The largest absolute Gasteiger partial charge is 0.480 e. The van der Waals surface area contributed by atoms with Gasteiger partial charge in [-0.2, -0.15) is 0 Å². The fourth-order valence-corrected chi connectivity index (χ4v) is 2.15. The van der Waals surface area contributed by atoms with E-state index in [1.807, 2.05) is 19.2 Å². The third-order valence-electron chi connectivity index (χ3n) is 2.86. The van der Waals surface area contributed by atoms with E-state index in [1.165, 1.54) is 11.3 Å². The van der Waals surface area contributed by atoms with Crippen LogP contribution in [0.15, 0.2) is 5.38 Å². The van der Waals surface area contributed by atoms with E-state index in [-0.39, 0.29) is 5.92 Å². The van der Waals surface area contributed by atoms with Crippen LogP contribution in [0.1, 0.15) is 31.0 Å². The van der Waals surface area contributed by atoms with E-state index in [0.29, 0.717) is 13.0 Å². The number of urea groups is 1. The number of aliphatic carboxylic acids is 1. The molecule has 2 amide bonds. The lowest BCUT2D eigenvalue weighted by Gasteiger charge is -2.20. The number of amides is 2. The Morgan fingerprint density at radius 2 is 2.21 bits per heavy atom. The van der Waals surface area contributed by atoms with Crippen LogP contribution in [0.5, 0.6) is 0 Å². The molecule has 1 aromatic heterocycles. The van der Waals surface area contributed by atoms with E-state index < -0.39 is 18.0 Å². The Labute approximate surface area is 116 Å². The average molecular weight is 285 g/mol. The molecule has 106 valence electrons. The van der Waals surface area contributed by atoms with Gasteiger partial charge in [0.05, 0.1) is 17.2 Å². The molecule has 3 N–H and O–H groups in total. The van der Waals surface area contributed by atoms with Crippen LogP contribution in [-0.2, 0) is 11.3 Å². The normalized spacial score (nSPS) is 13.6. The highest BCUT2D eigenvalue weighted by molar-refractivity contribution is 7.09. The summed E-state index contributed by atoms with van der Waals surface area (Å²) in [5.41, 5.74) is 0.771. The summed E-state index contributed by atoms with van der Waals surface area (Å²) >= 11 is 1.51. The molecule has 0 spiro atoms. The van der Waals surface area contributed by atoms with Crippen LogP contribution in [0.3, 0.4) is 0 Å². The summed E-state index contributed by atoms with van der Waals surface area (Å²) in [4.78, 5) is 26.9. The van der Waals surface area contributed by atoms with Crippen LogP contribution in [-0.4, -0.2) is 28.1 Å². The second-order valence-electron chi connectivity index (χ2n) is 4.39. The highest BCUT2D eigenvalue weighted by Gasteiger charge is 2.25. The number of aryl methyl sites for hydroxylation is 1. The Morgan fingerprint density at radius 3 is 2.68 bits per heavy atom. The van der Waals surface area contributed by atoms with Gasteiger partial charge in [0.25, 0.3) is 0 Å². The molecule has 0 radical (unpaired) electrons. The number of rotatable bonds is 6. The molecule has 0 aromatic carbocycles. The highest BCUT2D eigenvalue weighted by atomic mass is 32.1. The number of carbonyl (C=O) groups is 2. The van der Waals surface area contributed by atoms with Gasteiger partial charge < -0.3 is 15.7 Å². The summed E-state index contributed by atoms with van der Waals surface area (Å²) in [6.45, 7) is 5.86. The van der Waals surface area contributed by atoms with Gasteiger partial charge in [0.15, 0.2) is 0 Å². The molecule has 7 heteroatoms. The Kier molecular flexibility index (Phi) is 5.75. The molecule has 0 saturated heterocycles.